The Morgan fingerprint density at radius 3 is 2.24 bits per heavy atom. The van der Waals surface area contributed by atoms with E-state index >= 15 is 0 Å². The Hall–Kier alpha value is -2.74. The first-order valence-corrected chi connectivity index (χ1v) is 8.89. The van der Waals surface area contributed by atoms with Crippen LogP contribution in [0.1, 0.15) is 15.9 Å². The van der Waals surface area contributed by atoms with Gasteiger partial charge in [-0.25, -0.2) is 8.42 Å². The molecule has 0 aromatic heterocycles. The van der Waals surface area contributed by atoms with Gasteiger partial charge in [0.15, 0.2) is 11.5 Å². The fourth-order valence-electron chi connectivity index (χ4n) is 2.36. The minimum absolute atomic E-state index is 0.0388. The van der Waals surface area contributed by atoms with Gasteiger partial charge in [0.2, 0.25) is 0 Å². The molecule has 0 aliphatic heterocycles. The topological polar surface area (TPSA) is 93.7 Å². The second-order valence-corrected chi connectivity index (χ2v) is 6.85. The zero-order chi connectivity index (χ0) is 18.6. The first kappa shape index (κ1) is 18.6. The summed E-state index contributed by atoms with van der Waals surface area (Å²) in [7, 11) is 0.451. The number of carbonyl (C=O) groups is 1. The molecule has 2 rings (SSSR count). The first-order chi connectivity index (χ1) is 11.8. The van der Waals surface area contributed by atoms with Gasteiger partial charge in [-0.3, -0.25) is 9.52 Å². The number of carbonyl (C=O) groups excluding carboxylic acids is 1. The molecule has 0 saturated heterocycles. The molecule has 0 atom stereocenters. The van der Waals surface area contributed by atoms with Gasteiger partial charge in [-0.2, -0.15) is 0 Å². The van der Waals surface area contributed by atoms with Crippen molar-refractivity contribution in [2.45, 2.75) is 11.8 Å². The number of hydrogen-bond acceptors (Lipinski definition) is 5. The minimum Gasteiger partial charge on any atom is -0.493 e. The highest BCUT2D eigenvalue weighted by atomic mass is 32.2. The Balaban J connectivity index is 2.50. The number of ether oxygens (including phenoxy) is 2. The van der Waals surface area contributed by atoms with Crippen LogP contribution in [0.4, 0.5) is 5.69 Å². The molecular weight excluding hydrogens is 344 g/mol. The van der Waals surface area contributed by atoms with Gasteiger partial charge < -0.3 is 14.8 Å². The summed E-state index contributed by atoms with van der Waals surface area (Å²) in [5.74, 6) is 0.347. The molecule has 134 valence electrons. The zero-order valence-corrected chi connectivity index (χ0v) is 15.2. The lowest BCUT2D eigenvalue weighted by atomic mass is 10.2. The molecule has 2 aromatic carbocycles. The van der Waals surface area contributed by atoms with E-state index in [-0.39, 0.29) is 22.1 Å². The Morgan fingerprint density at radius 2 is 1.64 bits per heavy atom. The molecule has 0 aliphatic rings. The molecule has 1 amide bonds. The van der Waals surface area contributed by atoms with Gasteiger partial charge in [0, 0.05) is 13.1 Å². The second-order valence-electron chi connectivity index (χ2n) is 5.20. The Kier molecular flexibility index (Phi) is 5.53. The minimum atomic E-state index is -3.93. The molecule has 0 aliphatic carbocycles. The lowest BCUT2D eigenvalue weighted by Crippen LogP contribution is -2.22. The first-order valence-electron chi connectivity index (χ1n) is 7.40. The van der Waals surface area contributed by atoms with Crippen molar-refractivity contribution in [3.8, 4) is 11.5 Å². The van der Waals surface area contributed by atoms with Crippen LogP contribution in [0.5, 0.6) is 11.5 Å². The second kappa shape index (κ2) is 7.43. The van der Waals surface area contributed by atoms with Crippen LogP contribution in [-0.2, 0) is 10.0 Å². The van der Waals surface area contributed by atoms with Crippen LogP contribution in [0.15, 0.2) is 41.3 Å². The monoisotopic (exact) mass is 364 g/mol. The molecule has 0 fully saturated rings. The zero-order valence-electron chi connectivity index (χ0n) is 14.4. The maximum atomic E-state index is 12.8. The normalized spacial score (nSPS) is 10.9. The summed E-state index contributed by atoms with van der Waals surface area (Å²) < 4.78 is 38.4. The van der Waals surface area contributed by atoms with Gasteiger partial charge in [0.1, 0.15) is 0 Å². The molecular formula is C17H20N2O5S. The Bertz CT molecular complexity index is 894. The van der Waals surface area contributed by atoms with Crippen LogP contribution in [0, 0.1) is 6.92 Å². The Morgan fingerprint density at radius 1 is 1.04 bits per heavy atom. The van der Waals surface area contributed by atoms with Gasteiger partial charge >= 0.3 is 0 Å². The summed E-state index contributed by atoms with van der Waals surface area (Å²) >= 11 is 0. The standard InChI is InChI=1S/C17H20N2O5S/c1-11-9-14(23-3)15(24-4)10-16(11)25(21,22)19-13-8-6-5-7-12(13)17(20)18-2/h5-10,19H,1-4H3,(H,18,20). The molecule has 0 radical (unpaired) electrons. The van der Waals surface area contributed by atoms with Crippen LogP contribution >= 0.6 is 0 Å². The van der Waals surface area contributed by atoms with Crippen molar-refractivity contribution in [2.24, 2.45) is 0 Å². The average Bonchev–Trinajstić information content (AvgIpc) is 2.60. The van der Waals surface area contributed by atoms with Crippen LogP contribution in [-0.4, -0.2) is 35.6 Å². The predicted octanol–water partition coefficient (Wildman–Crippen LogP) is 2.17. The molecule has 0 heterocycles. The van der Waals surface area contributed by atoms with E-state index in [1.807, 2.05) is 0 Å². The average molecular weight is 364 g/mol. The number of anilines is 1. The van der Waals surface area contributed by atoms with Gasteiger partial charge in [-0.15, -0.1) is 0 Å². The van der Waals surface area contributed by atoms with Gasteiger partial charge in [-0.1, -0.05) is 12.1 Å². The molecule has 7 nitrogen and oxygen atoms in total. The van der Waals surface area contributed by atoms with Crippen molar-refractivity contribution >= 4 is 21.6 Å². The summed E-state index contributed by atoms with van der Waals surface area (Å²) in [6.07, 6.45) is 0. The maximum Gasteiger partial charge on any atom is 0.262 e. The number of amides is 1. The van der Waals surface area contributed by atoms with E-state index in [1.165, 1.54) is 39.5 Å². The van der Waals surface area contributed by atoms with Crippen LogP contribution in [0.2, 0.25) is 0 Å². The van der Waals surface area contributed by atoms with Crippen molar-refractivity contribution in [2.75, 3.05) is 26.0 Å². The van der Waals surface area contributed by atoms with E-state index in [4.69, 9.17) is 9.47 Å². The maximum absolute atomic E-state index is 12.8. The fraction of sp³-hybridized carbons (Fsp3) is 0.235. The molecule has 2 N–H and O–H groups in total. The summed E-state index contributed by atoms with van der Waals surface area (Å²) in [6, 6.07) is 9.34. The smallest absolute Gasteiger partial charge is 0.262 e. The molecule has 8 heteroatoms. The third-order valence-electron chi connectivity index (χ3n) is 3.61. The van der Waals surface area contributed by atoms with Crippen molar-refractivity contribution in [1.82, 2.24) is 5.32 Å². The molecule has 2 aromatic rings. The molecule has 25 heavy (non-hydrogen) atoms. The molecule has 0 saturated carbocycles. The number of para-hydroxylation sites is 1. The number of aryl methyl sites for hydroxylation is 1. The number of methoxy groups -OCH3 is 2. The van der Waals surface area contributed by atoms with E-state index in [0.717, 1.165) is 0 Å². The number of hydrogen-bond donors (Lipinski definition) is 2. The van der Waals surface area contributed by atoms with Crippen molar-refractivity contribution < 1.29 is 22.7 Å². The summed E-state index contributed by atoms with van der Waals surface area (Å²) in [4.78, 5) is 12.0. The van der Waals surface area contributed by atoms with E-state index in [0.29, 0.717) is 17.1 Å². The summed E-state index contributed by atoms with van der Waals surface area (Å²) in [5, 5.41) is 2.48. The van der Waals surface area contributed by atoms with E-state index in [1.54, 1.807) is 25.1 Å². The third kappa shape index (κ3) is 3.85. The summed E-state index contributed by atoms with van der Waals surface area (Å²) in [6.45, 7) is 1.65. The van der Waals surface area contributed by atoms with Crippen molar-refractivity contribution in [3.05, 3.63) is 47.5 Å². The number of benzene rings is 2. The van der Waals surface area contributed by atoms with E-state index in [2.05, 4.69) is 10.0 Å². The lowest BCUT2D eigenvalue weighted by molar-refractivity contribution is 0.0964. The lowest BCUT2D eigenvalue weighted by Gasteiger charge is -2.15. The summed E-state index contributed by atoms with van der Waals surface area (Å²) in [5.41, 5.74) is 0.908. The number of rotatable bonds is 6. The molecule has 0 spiro atoms. The molecule has 0 bridgehead atoms. The van der Waals surface area contributed by atoms with Crippen LogP contribution in [0.25, 0.3) is 0 Å². The van der Waals surface area contributed by atoms with E-state index < -0.39 is 10.0 Å². The van der Waals surface area contributed by atoms with Crippen LogP contribution < -0.4 is 19.5 Å². The highest BCUT2D eigenvalue weighted by Crippen LogP contribution is 2.33. The largest absolute Gasteiger partial charge is 0.493 e. The van der Waals surface area contributed by atoms with Gasteiger partial charge in [-0.05, 0) is 30.7 Å². The third-order valence-corrected chi connectivity index (χ3v) is 5.12. The Labute approximate surface area is 147 Å². The molecule has 0 unspecified atom stereocenters. The highest BCUT2D eigenvalue weighted by Gasteiger charge is 2.22. The SMILES string of the molecule is CNC(=O)c1ccccc1NS(=O)(=O)c1cc(OC)c(OC)cc1C. The van der Waals surface area contributed by atoms with Crippen LogP contribution in [0.3, 0.4) is 0 Å². The number of sulfonamides is 1. The van der Waals surface area contributed by atoms with Gasteiger partial charge in [0.25, 0.3) is 15.9 Å². The quantitative estimate of drug-likeness (QED) is 0.819. The fourth-order valence-corrected chi connectivity index (χ4v) is 3.68. The predicted molar refractivity (Wildman–Crippen MR) is 94.9 cm³/mol. The number of nitrogens with one attached hydrogen (secondary N) is 2. The van der Waals surface area contributed by atoms with Crippen molar-refractivity contribution in [3.63, 3.8) is 0 Å². The highest BCUT2D eigenvalue weighted by molar-refractivity contribution is 7.92. The van der Waals surface area contributed by atoms with E-state index in [9.17, 15) is 13.2 Å². The van der Waals surface area contributed by atoms with Gasteiger partial charge in [0.05, 0.1) is 30.4 Å². The van der Waals surface area contributed by atoms with Crippen molar-refractivity contribution in [1.29, 1.82) is 0 Å².